The number of aromatic nitrogens is 1. The summed E-state index contributed by atoms with van der Waals surface area (Å²) in [5.41, 5.74) is 1.21. The molecule has 0 atom stereocenters. The number of benzene rings is 2. The highest BCUT2D eigenvalue weighted by molar-refractivity contribution is 6.93. The number of fused-ring (bicyclic) bond motifs is 1. The number of nitrogens with zero attached hydrogens (tertiary/aromatic N) is 1. The van der Waals surface area contributed by atoms with Crippen LogP contribution in [0.1, 0.15) is 5.56 Å². The van der Waals surface area contributed by atoms with Gasteiger partial charge in [-0.05, 0) is 10.8 Å². The van der Waals surface area contributed by atoms with E-state index in [1.54, 1.807) is 0 Å². The van der Waals surface area contributed by atoms with Crippen LogP contribution in [0.2, 0.25) is 39.3 Å². The van der Waals surface area contributed by atoms with E-state index in [4.69, 9.17) is 0 Å². The Kier molecular flexibility index (Phi) is 4.46. The quantitative estimate of drug-likeness (QED) is 0.676. The number of aromatic hydroxyl groups is 1. The standard InChI is InChI=1S/C21H29NOSi2/c1-24(2,3)18-12-13-19(25(4,5)6)20-17(18)15-22(21(20)23)14-16-10-8-7-9-11-16/h7-13,15,23H,14H2,1-6H3. The smallest absolute Gasteiger partial charge is 0.199 e. The Morgan fingerprint density at radius 3 is 1.92 bits per heavy atom. The van der Waals surface area contributed by atoms with E-state index in [1.165, 1.54) is 21.3 Å². The van der Waals surface area contributed by atoms with Crippen molar-refractivity contribution in [3.8, 4) is 5.88 Å². The molecule has 3 rings (SSSR count). The van der Waals surface area contributed by atoms with Crippen LogP contribution in [0.5, 0.6) is 5.88 Å². The Morgan fingerprint density at radius 1 is 0.800 bits per heavy atom. The molecule has 0 saturated carbocycles. The van der Waals surface area contributed by atoms with Gasteiger partial charge in [0.1, 0.15) is 0 Å². The molecular formula is C21H29NOSi2. The van der Waals surface area contributed by atoms with Gasteiger partial charge in [0, 0.05) is 17.0 Å². The molecular weight excluding hydrogens is 338 g/mol. The fourth-order valence-electron chi connectivity index (χ4n) is 3.53. The number of hydrogen-bond acceptors (Lipinski definition) is 1. The molecule has 132 valence electrons. The van der Waals surface area contributed by atoms with Gasteiger partial charge < -0.3 is 9.67 Å². The van der Waals surface area contributed by atoms with Crippen LogP contribution >= 0.6 is 0 Å². The van der Waals surface area contributed by atoms with Crippen molar-refractivity contribution < 1.29 is 5.11 Å². The van der Waals surface area contributed by atoms with Gasteiger partial charge in [-0.25, -0.2) is 0 Å². The molecule has 2 nitrogen and oxygen atoms in total. The third kappa shape index (κ3) is 3.46. The summed E-state index contributed by atoms with van der Waals surface area (Å²) in [6, 6.07) is 15.0. The van der Waals surface area contributed by atoms with Gasteiger partial charge in [-0.3, -0.25) is 0 Å². The fourth-order valence-corrected chi connectivity index (χ4v) is 6.70. The van der Waals surface area contributed by atoms with Gasteiger partial charge in [0.2, 0.25) is 0 Å². The lowest BCUT2D eigenvalue weighted by Crippen LogP contribution is -2.43. The lowest BCUT2D eigenvalue weighted by Gasteiger charge is -2.23. The Balaban J connectivity index is 2.26. The van der Waals surface area contributed by atoms with Crippen LogP contribution in [0.4, 0.5) is 0 Å². The molecule has 3 aromatic rings. The van der Waals surface area contributed by atoms with E-state index in [1.807, 2.05) is 10.6 Å². The second-order valence-electron chi connectivity index (χ2n) is 9.02. The van der Waals surface area contributed by atoms with Gasteiger partial charge in [0.25, 0.3) is 0 Å². The number of hydrogen-bond donors (Lipinski definition) is 1. The zero-order valence-corrected chi connectivity index (χ0v) is 18.2. The maximum atomic E-state index is 11.1. The minimum atomic E-state index is -1.55. The first kappa shape index (κ1) is 18.0. The second kappa shape index (κ2) is 6.18. The van der Waals surface area contributed by atoms with Crippen molar-refractivity contribution in [3.63, 3.8) is 0 Å². The van der Waals surface area contributed by atoms with Crippen LogP contribution in [0.15, 0.2) is 48.7 Å². The first-order chi connectivity index (χ1) is 11.6. The maximum Gasteiger partial charge on any atom is 0.199 e. The minimum absolute atomic E-state index is 0.427. The molecule has 1 heterocycles. The van der Waals surface area contributed by atoms with Gasteiger partial charge in [-0.15, -0.1) is 0 Å². The van der Waals surface area contributed by atoms with Crippen LogP contribution in [0.3, 0.4) is 0 Å². The maximum absolute atomic E-state index is 11.1. The molecule has 0 saturated heterocycles. The first-order valence-corrected chi connectivity index (χ1v) is 16.0. The second-order valence-corrected chi connectivity index (χ2v) is 19.1. The Labute approximate surface area is 153 Å². The molecule has 1 N–H and O–H groups in total. The molecule has 0 aliphatic rings. The molecule has 0 amide bonds. The van der Waals surface area contributed by atoms with Crippen LogP contribution in [-0.2, 0) is 6.54 Å². The lowest BCUT2D eigenvalue weighted by atomic mass is 10.2. The van der Waals surface area contributed by atoms with Gasteiger partial charge in [-0.1, -0.05) is 86.9 Å². The summed E-state index contributed by atoms with van der Waals surface area (Å²) < 4.78 is 2.02. The normalized spacial score (nSPS) is 12.7. The summed E-state index contributed by atoms with van der Waals surface area (Å²) in [5.74, 6) is 0.427. The molecule has 0 aliphatic carbocycles. The van der Waals surface area contributed by atoms with Crippen LogP contribution in [0.25, 0.3) is 10.8 Å². The average Bonchev–Trinajstić information content (AvgIpc) is 2.82. The summed E-state index contributed by atoms with van der Waals surface area (Å²) in [6.07, 6.45) is 2.18. The predicted octanol–water partition coefficient (Wildman–Crippen LogP) is 4.49. The van der Waals surface area contributed by atoms with E-state index in [0.717, 1.165) is 5.39 Å². The zero-order chi connectivity index (χ0) is 18.4. The Hall–Kier alpha value is -1.79. The van der Waals surface area contributed by atoms with E-state index in [9.17, 15) is 5.11 Å². The summed E-state index contributed by atoms with van der Waals surface area (Å²) in [6.45, 7) is 14.9. The highest BCUT2D eigenvalue weighted by Gasteiger charge is 2.28. The van der Waals surface area contributed by atoms with Crippen LogP contribution in [0, 0.1) is 0 Å². The Bertz CT molecular complexity index is 900. The van der Waals surface area contributed by atoms with Crippen molar-refractivity contribution in [2.75, 3.05) is 0 Å². The summed E-state index contributed by atoms with van der Waals surface area (Å²) >= 11 is 0. The highest BCUT2D eigenvalue weighted by Crippen LogP contribution is 2.29. The van der Waals surface area contributed by atoms with Crippen LogP contribution in [-0.4, -0.2) is 25.8 Å². The summed E-state index contributed by atoms with van der Waals surface area (Å²) in [7, 11) is -3.04. The topological polar surface area (TPSA) is 25.2 Å². The molecule has 1 aromatic heterocycles. The predicted molar refractivity (Wildman–Crippen MR) is 115 cm³/mol. The van der Waals surface area contributed by atoms with Crippen molar-refractivity contribution in [1.82, 2.24) is 4.57 Å². The van der Waals surface area contributed by atoms with Gasteiger partial charge >= 0.3 is 0 Å². The molecule has 0 bridgehead atoms. The molecule has 0 fully saturated rings. The first-order valence-electron chi connectivity index (χ1n) is 8.99. The third-order valence-corrected chi connectivity index (χ3v) is 8.92. The summed E-state index contributed by atoms with van der Waals surface area (Å²) in [5, 5.41) is 16.2. The SMILES string of the molecule is C[Si](C)(C)c1ccc([Si](C)(C)C)c2c(O)n(Cc3ccccc3)cc12. The minimum Gasteiger partial charge on any atom is -0.494 e. The Morgan fingerprint density at radius 2 is 1.36 bits per heavy atom. The van der Waals surface area contributed by atoms with E-state index in [0.29, 0.717) is 12.4 Å². The molecule has 0 spiro atoms. The molecule has 0 radical (unpaired) electrons. The molecule has 4 heteroatoms. The third-order valence-electron chi connectivity index (χ3n) is 4.84. The molecule has 0 unspecified atom stereocenters. The molecule has 2 aromatic carbocycles. The zero-order valence-electron chi connectivity index (χ0n) is 16.2. The van der Waals surface area contributed by atoms with E-state index < -0.39 is 16.1 Å². The number of rotatable bonds is 4. The summed E-state index contributed by atoms with van der Waals surface area (Å²) in [4.78, 5) is 0. The van der Waals surface area contributed by atoms with E-state index in [-0.39, 0.29) is 0 Å². The monoisotopic (exact) mass is 367 g/mol. The van der Waals surface area contributed by atoms with Crippen molar-refractivity contribution in [2.24, 2.45) is 0 Å². The van der Waals surface area contributed by atoms with E-state index >= 15 is 0 Å². The van der Waals surface area contributed by atoms with E-state index in [2.05, 4.69) is 81.9 Å². The lowest BCUT2D eigenvalue weighted by molar-refractivity contribution is 0.430. The van der Waals surface area contributed by atoms with Crippen LogP contribution < -0.4 is 10.4 Å². The molecule has 0 aliphatic heterocycles. The average molecular weight is 368 g/mol. The largest absolute Gasteiger partial charge is 0.494 e. The fraction of sp³-hybridized carbons (Fsp3) is 0.333. The van der Waals surface area contributed by atoms with Crippen molar-refractivity contribution in [3.05, 3.63) is 54.2 Å². The van der Waals surface area contributed by atoms with Crippen molar-refractivity contribution in [2.45, 2.75) is 45.8 Å². The van der Waals surface area contributed by atoms with Crippen molar-refractivity contribution in [1.29, 1.82) is 0 Å². The molecule has 25 heavy (non-hydrogen) atoms. The van der Waals surface area contributed by atoms with Gasteiger partial charge in [0.15, 0.2) is 5.88 Å². The highest BCUT2D eigenvalue weighted by atomic mass is 28.3. The van der Waals surface area contributed by atoms with Crippen molar-refractivity contribution >= 4 is 37.3 Å². The van der Waals surface area contributed by atoms with Gasteiger partial charge in [-0.2, -0.15) is 0 Å². The van der Waals surface area contributed by atoms with Gasteiger partial charge in [0.05, 0.1) is 22.7 Å².